The van der Waals surface area contributed by atoms with E-state index in [2.05, 4.69) is 6.07 Å². The number of hydrogen-bond donors (Lipinski definition) is 0. The Hall–Kier alpha value is -2.98. The number of benzene rings is 3. The molecule has 142 valence electrons. The van der Waals surface area contributed by atoms with Gasteiger partial charge in [0, 0.05) is 6.54 Å². The number of amides is 1. The molecule has 3 aromatic carbocycles. The molecule has 3 nitrogen and oxygen atoms in total. The van der Waals surface area contributed by atoms with E-state index in [4.69, 9.17) is 4.74 Å². The van der Waals surface area contributed by atoms with Gasteiger partial charge in [-0.3, -0.25) is 4.79 Å². The Bertz CT molecular complexity index is 940. The van der Waals surface area contributed by atoms with Crippen LogP contribution in [0.1, 0.15) is 28.3 Å². The van der Waals surface area contributed by atoms with Crippen LogP contribution >= 0.6 is 0 Å². The van der Waals surface area contributed by atoms with Crippen molar-refractivity contribution in [2.75, 3.05) is 13.2 Å². The molecule has 1 amide bonds. The molecule has 28 heavy (non-hydrogen) atoms. The standard InChI is InChI=1S/C24H22FNO2/c25-21-12-10-20(11-13-21)24-22-9-5-4-8-19(22)14-15-26(24)23(27)17-28-16-18-6-2-1-3-7-18/h1-13,24H,14-17H2. The summed E-state index contributed by atoms with van der Waals surface area (Å²) < 4.78 is 19.1. The lowest BCUT2D eigenvalue weighted by atomic mass is 9.88. The van der Waals surface area contributed by atoms with Gasteiger partial charge in [-0.2, -0.15) is 0 Å². The molecule has 4 rings (SSSR count). The van der Waals surface area contributed by atoms with Crippen molar-refractivity contribution in [1.29, 1.82) is 0 Å². The normalized spacial score (nSPS) is 15.9. The number of nitrogens with zero attached hydrogens (tertiary/aromatic N) is 1. The minimum atomic E-state index is -0.281. The number of carbonyl (C=O) groups is 1. The highest BCUT2D eigenvalue weighted by molar-refractivity contribution is 5.79. The summed E-state index contributed by atoms with van der Waals surface area (Å²) in [4.78, 5) is 14.8. The number of rotatable bonds is 5. The largest absolute Gasteiger partial charge is 0.367 e. The first kappa shape index (κ1) is 18.4. The zero-order valence-corrected chi connectivity index (χ0v) is 15.6. The quantitative estimate of drug-likeness (QED) is 0.656. The zero-order chi connectivity index (χ0) is 19.3. The van der Waals surface area contributed by atoms with Crippen LogP contribution in [-0.4, -0.2) is 24.0 Å². The van der Waals surface area contributed by atoms with E-state index in [1.165, 1.54) is 17.7 Å². The van der Waals surface area contributed by atoms with Gasteiger partial charge < -0.3 is 9.64 Å². The van der Waals surface area contributed by atoms with Crippen molar-refractivity contribution in [2.45, 2.75) is 19.1 Å². The van der Waals surface area contributed by atoms with Crippen molar-refractivity contribution in [3.8, 4) is 0 Å². The van der Waals surface area contributed by atoms with Gasteiger partial charge >= 0.3 is 0 Å². The summed E-state index contributed by atoms with van der Waals surface area (Å²) in [6.07, 6.45) is 0.804. The van der Waals surface area contributed by atoms with Crippen molar-refractivity contribution >= 4 is 5.91 Å². The second kappa shape index (κ2) is 8.36. The average Bonchev–Trinajstić information content (AvgIpc) is 2.74. The lowest BCUT2D eigenvalue weighted by Crippen LogP contribution is -2.42. The molecular formula is C24H22FNO2. The van der Waals surface area contributed by atoms with E-state index in [0.29, 0.717) is 13.2 Å². The van der Waals surface area contributed by atoms with Crippen LogP contribution in [0.5, 0.6) is 0 Å². The summed E-state index contributed by atoms with van der Waals surface area (Å²) in [5.74, 6) is -0.336. The number of carbonyl (C=O) groups excluding carboxylic acids is 1. The Morgan fingerprint density at radius 1 is 0.964 bits per heavy atom. The minimum Gasteiger partial charge on any atom is -0.367 e. The monoisotopic (exact) mass is 375 g/mol. The van der Waals surface area contributed by atoms with Crippen LogP contribution in [0.3, 0.4) is 0 Å². The molecule has 0 fully saturated rings. The van der Waals surface area contributed by atoms with Crippen LogP contribution in [0, 0.1) is 5.82 Å². The lowest BCUT2D eigenvalue weighted by Gasteiger charge is -2.37. The van der Waals surface area contributed by atoms with E-state index in [0.717, 1.165) is 23.1 Å². The van der Waals surface area contributed by atoms with Gasteiger partial charge in [0.2, 0.25) is 5.91 Å². The minimum absolute atomic E-state index is 0.0226. The molecule has 1 atom stereocenters. The van der Waals surface area contributed by atoms with Gasteiger partial charge in [0.25, 0.3) is 0 Å². The van der Waals surface area contributed by atoms with Gasteiger partial charge in [-0.05, 0) is 40.8 Å². The highest BCUT2D eigenvalue weighted by Crippen LogP contribution is 2.35. The van der Waals surface area contributed by atoms with E-state index in [-0.39, 0.29) is 24.4 Å². The first-order chi connectivity index (χ1) is 13.7. The molecule has 1 aliphatic rings. The van der Waals surface area contributed by atoms with Crippen molar-refractivity contribution in [1.82, 2.24) is 4.90 Å². The van der Waals surface area contributed by atoms with Crippen LogP contribution < -0.4 is 0 Å². The first-order valence-electron chi connectivity index (χ1n) is 9.47. The third-order valence-corrected chi connectivity index (χ3v) is 5.13. The average molecular weight is 375 g/mol. The molecule has 3 aromatic rings. The molecule has 4 heteroatoms. The van der Waals surface area contributed by atoms with Crippen molar-refractivity contribution in [3.05, 3.63) is 107 Å². The first-order valence-corrected chi connectivity index (χ1v) is 9.47. The zero-order valence-electron chi connectivity index (χ0n) is 15.6. The van der Waals surface area contributed by atoms with Crippen LogP contribution in [-0.2, 0) is 22.6 Å². The number of fused-ring (bicyclic) bond motifs is 1. The molecule has 1 aliphatic heterocycles. The summed E-state index contributed by atoms with van der Waals surface area (Å²) >= 11 is 0. The van der Waals surface area contributed by atoms with Crippen LogP contribution in [0.25, 0.3) is 0 Å². The van der Waals surface area contributed by atoms with Crippen LogP contribution in [0.15, 0.2) is 78.9 Å². The lowest BCUT2D eigenvalue weighted by molar-refractivity contribution is -0.138. The predicted molar refractivity (Wildman–Crippen MR) is 106 cm³/mol. The summed E-state index contributed by atoms with van der Waals surface area (Å²) in [6.45, 7) is 1.04. The molecule has 0 aromatic heterocycles. The molecule has 0 spiro atoms. The molecule has 0 radical (unpaired) electrons. The van der Waals surface area contributed by atoms with Crippen LogP contribution in [0.2, 0.25) is 0 Å². The summed E-state index contributed by atoms with van der Waals surface area (Å²) in [6, 6.07) is 24.1. The fraction of sp³-hybridized carbons (Fsp3) is 0.208. The second-order valence-corrected chi connectivity index (χ2v) is 6.97. The molecule has 1 heterocycles. The maximum absolute atomic E-state index is 13.4. The molecule has 0 bridgehead atoms. The van der Waals surface area contributed by atoms with E-state index < -0.39 is 0 Å². The van der Waals surface area contributed by atoms with Gasteiger partial charge in [0.05, 0.1) is 12.6 Å². The van der Waals surface area contributed by atoms with Gasteiger partial charge in [-0.1, -0.05) is 66.7 Å². The molecule has 0 aliphatic carbocycles. The Kier molecular flexibility index (Phi) is 5.49. The molecular weight excluding hydrogens is 353 g/mol. The summed E-state index contributed by atoms with van der Waals surface area (Å²) in [7, 11) is 0. The fourth-order valence-electron chi connectivity index (χ4n) is 3.75. The van der Waals surface area contributed by atoms with E-state index in [1.54, 1.807) is 12.1 Å². The molecule has 1 unspecified atom stereocenters. The molecule has 0 saturated heterocycles. The predicted octanol–water partition coefficient (Wildman–Crippen LogP) is 4.52. The van der Waals surface area contributed by atoms with Crippen LogP contribution in [0.4, 0.5) is 4.39 Å². The Balaban J connectivity index is 1.54. The van der Waals surface area contributed by atoms with Gasteiger partial charge in [0.15, 0.2) is 0 Å². The summed E-state index contributed by atoms with van der Waals surface area (Å²) in [5, 5.41) is 0. The van der Waals surface area contributed by atoms with E-state index >= 15 is 0 Å². The smallest absolute Gasteiger partial charge is 0.249 e. The Morgan fingerprint density at radius 3 is 2.46 bits per heavy atom. The third-order valence-electron chi connectivity index (χ3n) is 5.13. The van der Waals surface area contributed by atoms with E-state index in [9.17, 15) is 9.18 Å². The van der Waals surface area contributed by atoms with Gasteiger partial charge in [-0.15, -0.1) is 0 Å². The van der Waals surface area contributed by atoms with Gasteiger partial charge in [-0.25, -0.2) is 4.39 Å². The van der Waals surface area contributed by atoms with Crippen molar-refractivity contribution in [2.24, 2.45) is 0 Å². The second-order valence-electron chi connectivity index (χ2n) is 6.97. The number of halogens is 1. The number of ether oxygens (including phenoxy) is 1. The van der Waals surface area contributed by atoms with Crippen molar-refractivity contribution < 1.29 is 13.9 Å². The third kappa shape index (κ3) is 3.97. The van der Waals surface area contributed by atoms with Gasteiger partial charge in [0.1, 0.15) is 12.4 Å². The maximum atomic E-state index is 13.4. The van der Waals surface area contributed by atoms with E-state index in [1.807, 2.05) is 53.4 Å². The number of hydrogen-bond acceptors (Lipinski definition) is 2. The van der Waals surface area contributed by atoms with Crippen molar-refractivity contribution in [3.63, 3.8) is 0 Å². The fourth-order valence-corrected chi connectivity index (χ4v) is 3.75. The SMILES string of the molecule is O=C(COCc1ccccc1)N1CCc2ccccc2C1c1ccc(F)cc1. The molecule has 0 saturated carbocycles. The molecule has 0 N–H and O–H groups in total. The summed E-state index contributed by atoms with van der Waals surface area (Å²) in [5.41, 5.74) is 4.27. The Labute approximate surface area is 164 Å². The highest BCUT2D eigenvalue weighted by atomic mass is 19.1. The maximum Gasteiger partial charge on any atom is 0.249 e. The Morgan fingerprint density at radius 2 is 1.68 bits per heavy atom. The topological polar surface area (TPSA) is 29.5 Å². The highest BCUT2D eigenvalue weighted by Gasteiger charge is 2.31.